The molecule has 116 valence electrons. The Balaban J connectivity index is 2.38. The van der Waals surface area contributed by atoms with E-state index in [9.17, 15) is 13.2 Å². The van der Waals surface area contributed by atoms with Gasteiger partial charge in [0.1, 0.15) is 5.37 Å². The number of benzene rings is 1. The van der Waals surface area contributed by atoms with Crippen LogP contribution >= 0.6 is 11.8 Å². The van der Waals surface area contributed by atoms with Crippen LogP contribution < -0.4 is 11.3 Å². The molecule has 1 atom stereocenters. The Hall–Kier alpha value is -1.25. The number of nitrogen functional groups attached to an aromatic ring is 1. The maximum atomic E-state index is 12.7. The van der Waals surface area contributed by atoms with Gasteiger partial charge in [0.2, 0.25) is 0 Å². The summed E-state index contributed by atoms with van der Waals surface area (Å²) in [7, 11) is -3.32. The number of hydrogen-bond donors (Lipinski definition) is 2. The first-order valence-corrected chi connectivity index (χ1v) is 9.60. The molecule has 0 spiro atoms. The molecule has 21 heavy (non-hydrogen) atoms. The van der Waals surface area contributed by atoms with Gasteiger partial charge in [0.25, 0.3) is 5.91 Å². The maximum Gasteiger partial charge on any atom is 0.257 e. The fraction of sp³-hybridized carbons (Fsp3) is 0.462. The topological polar surface area (TPSA) is 92.5 Å². The molecule has 1 saturated heterocycles. The van der Waals surface area contributed by atoms with Crippen molar-refractivity contribution in [2.24, 2.45) is 5.84 Å². The quantitative estimate of drug-likeness (QED) is 0.631. The predicted molar refractivity (Wildman–Crippen MR) is 86.0 cm³/mol. The van der Waals surface area contributed by atoms with E-state index in [0.717, 1.165) is 11.3 Å². The van der Waals surface area contributed by atoms with Gasteiger partial charge in [-0.1, -0.05) is 6.07 Å². The molecule has 1 amide bonds. The fourth-order valence-corrected chi connectivity index (χ4v) is 5.10. The second-order valence-electron chi connectivity index (χ2n) is 5.05. The Morgan fingerprint density at radius 1 is 1.48 bits per heavy atom. The van der Waals surface area contributed by atoms with E-state index in [1.54, 1.807) is 23.9 Å². The lowest BCUT2D eigenvalue weighted by Crippen LogP contribution is -2.50. The number of carbonyl (C=O) groups is 1. The zero-order valence-corrected chi connectivity index (χ0v) is 13.6. The Labute approximate surface area is 129 Å². The van der Waals surface area contributed by atoms with Crippen LogP contribution in [0.15, 0.2) is 18.2 Å². The van der Waals surface area contributed by atoms with Crippen molar-refractivity contribution in [3.63, 3.8) is 0 Å². The Morgan fingerprint density at radius 2 is 2.19 bits per heavy atom. The number of nitrogens with one attached hydrogen (secondary N) is 1. The van der Waals surface area contributed by atoms with Crippen molar-refractivity contribution in [3.8, 4) is 0 Å². The van der Waals surface area contributed by atoms with Gasteiger partial charge in [-0.2, -0.15) is 11.8 Å². The second-order valence-corrected chi connectivity index (χ2v) is 8.40. The Kier molecular flexibility index (Phi) is 4.80. The normalized spacial score (nSPS) is 19.4. The second kappa shape index (κ2) is 6.25. The first-order chi connectivity index (χ1) is 9.84. The summed E-state index contributed by atoms with van der Waals surface area (Å²) in [4.78, 5) is 14.1. The van der Waals surface area contributed by atoms with E-state index in [4.69, 9.17) is 5.84 Å². The van der Waals surface area contributed by atoms with Crippen molar-refractivity contribution in [1.29, 1.82) is 0 Å². The molecule has 0 aliphatic carbocycles. The van der Waals surface area contributed by atoms with Crippen LogP contribution in [0.1, 0.15) is 15.9 Å². The number of aryl methyl sites for hydroxylation is 1. The molecule has 1 aromatic rings. The monoisotopic (exact) mass is 329 g/mol. The van der Waals surface area contributed by atoms with Crippen molar-refractivity contribution in [3.05, 3.63) is 29.3 Å². The van der Waals surface area contributed by atoms with Gasteiger partial charge < -0.3 is 10.3 Å². The minimum absolute atomic E-state index is 0.307. The number of hydrazine groups is 1. The highest BCUT2D eigenvalue weighted by molar-refractivity contribution is 8.00. The van der Waals surface area contributed by atoms with E-state index in [1.165, 1.54) is 11.2 Å². The average molecular weight is 329 g/mol. The molecule has 0 radical (unpaired) electrons. The molecule has 6 nitrogen and oxygen atoms in total. The predicted octanol–water partition coefficient (Wildman–Crippen LogP) is 0.840. The SMILES string of the molecule is Cc1ccc(C(=O)N2CCSCC2S(C)(=O)=O)c(NN)c1. The molecule has 1 fully saturated rings. The first-order valence-electron chi connectivity index (χ1n) is 6.49. The lowest BCUT2D eigenvalue weighted by atomic mass is 10.1. The number of sulfone groups is 1. The number of carbonyl (C=O) groups excluding carboxylic acids is 1. The van der Waals surface area contributed by atoms with Crippen molar-refractivity contribution in [2.45, 2.75) is 12.3 Å². The molecular formula is C13H19N3O3S2. The van der Waals surface area contributed by atoms with Crippen LogP contribution in [0.4, 0.5) is 5.69 Å². The standard InChI is InChI=1S/C13H19N3O3S2/c1-9-3-4-10(11(7-9)15-14)13(17)16-5-6-20-8-12(16)21(2,18)19/h3-4,7,12,15H,5-6,8,14H2,1-2H3. The lowest BCUT2D eigenvalue weighted by Gasteiger charge is -2.34. The summed E-state index contributed by atoms with van der Waals surface area (Å²) in [5.41, 5.74) is 4.37. The van der Waals surface area contributed by atoms with Gasteiger partial charge in [0, 0.05) is 24.3 Å². The van der Waals surface area contributed by atoms with Crippen LogP contribution in [-0.4, -0.2) is 48.9 Å². The summed E-state index contributed by atoms with van der Waals surface area (Å²) in [5.74, 6) is 6.29. The largest absolute Gasteiger partial charge is 0.323 e. The Morgan fingerprint density at radius 3 is 2.81 bits per heavy atom. The van der Waals surface area contributed by atoms with E-state index in [1.807, 2.05) is 13.0 Å². The number of anilines is 1. The van der Waals surface area contributed by atoms with Gasteiger partial charge in [-0.25, -0.2) is 8.42 Å². The third-order valence-electron chi connectivity index (χ3n) is 3.40. The van der Waals surface area contributed by atoms with Crippen LogP contribution in [0.25, 0.3) is 0 Å². The third-order valence-corrected chi connectivity index (χ3v) is 6.04. The number of rotatable bonds is 3. The molecule has 1 unspecified atom stereocenters. The van der Waals surface area contributed by atoms with Gasteiger partial charge in [-0.05, 0) is 24.6 Å². The van der Waals surface area contributed by atoms with Crippen LogP contribution in [0, 0.1) is 6.92 Å². The van der Waals surface area contributed by atoms with Crippen LogP contribution in [0.5, 0.6) is 0 Å². The molecule has 1 aromatic carbocycles. The fourth-order valence-electron chi connectivity index (χ4n) is 2.29. The number of nitrogens with two attached hydrogens (primary N) is 1. The zero-order valence-electron chi connectivity index (χ0n) is 12.0. The number of hydrogen-bond acceptors (Lipinski definition) is 6. The molecule has 8 heteroatoms. The van der Waals surface area contributed by atoms with Gasteiger partial charge in [0.05, 0.1) is 11.3 Å². The smallest absolute Gasteiger partial charge is 0.257 e. The number of thioether (sulfide) groups is 1. The molecule has 0 aromatic heterocycles. The maximum absolute atomic E-state index is 12.7. The first kappa shape index (κ1) is 16.1. The van der Waals surface area contributed by atoms with Crippen LogP contribution in [0.3, 0.4) is 0 Å². The molecule has 0 bridgehead atoms. The van der Waals surface area contributed by atoms with E-state index < -0.39 is 15.2 Å². The van der Waals surface area contributed by atoms with E-state index in [0.29, 0.717) is 23.5 Å². The van der Waals surface area contributed by atoms with E-state index in [-0.39, 0.29) is 5.91 Å². The molecular weight excluding hydrogens is 310 g/mol. The summed E-state index contributed by atoms with van der Waals surface area (Å²) in [6, 6.07) is 5.25. The van der Waals surface area contributed by atoms with Gasteiger partial charge in [0.15, 0.2) is 9.84 Å². The molecule has 1 heterocycles. The molecule has 2 rings (SSSR count). The molecule has 3 N–H and O–H groups in total. The average Bonchev–Trinajstić information content (AvgIpc) is 2.45. The number of amides is 1. The van der Waals surface area contributed by atoms with Gasteiger partial charge >= 0.3 is 0 Å². The van der Waals surface area contributed by atoms with Crippen LogP contribution in [-0.2, 0) is 9.84 Å². The van der Waals surface area contributed by atoms with Crippen molar-refractivity contribution >= 4 is 33.2 Å². The minimum Gasteiger partial charge on any atom is -0.323 e. The molecule has 1 aliphatic heterocycles. The van der Waals surface area contributed by atoms with Crippen molar-refractivity contribution in [2.75, 3.05) is 29.7 Å². The summed E-state index contributed by atoms with van der Waals surface area (Å²) < 4.78 is 23.8. The summed E-state index contributed by atoms with van der Waals surface area (Å²) in [6.45, 7) is 2.31. The highest BCUT2D eigenvalue weighted by Gasteiger charge is 2.35. The zero-order chi connectivity index (χ0) is 15.6. The minimum atomic E-state index is -3.32. The summed E-state index contributed by atoms with van der Waals surface area (Å²) in [6.07, 6.45) is 1.17. The summed E-state index contributed by atoms with van der Waals surface area (Å²) in [5, 5.41) is -0.782. The molecule has 1 aliphatic rings. The highest BCUT2D eigenvalue weighted by atomic mass is 32.2. The van der Waals surface area contributed by atoms with Gasteiger partial charge in [-0.3, -0.25) is 10.6 Å². The Bertz CT molecular complexity index is 646. The van der Waals surface area contributed by atoms with E-state index >= 15 is 0 Å². The van der Waals surface area contributed by atoms with Crippen molar-refractivity contribution in [1.82, 2.24) is 4.90 Å². The van der Waals surface area contributed by atoms with Crippen molar-refractivity contribution < 1.29 is 13.2 Å². The van der Waals surface area contributed by atoms with Crippen LogP contribution in [0.2, 0.25) is 0 Å². The number of nitrogens with zero attached hydrogens (tertiary/aromatic N) is 1. The molecule has 0 saturated carbocycles. The third kappa shape index (κ3) is 3.50. The van der Waals surface area contributed by atoms with E-state index in [2.05, 4.69) is 5.43 Å². The summed E-state index contributed by atoms with van der Waals surface area (Å²) >= 11 is 1.55. The lowest BCUT2D eigenvalue weighted by molar-refractivity contribution is 0.0750. The van der Waals surface area contributed by atoms with Gasteiger partial charge in [-0.15, -0.1) is 0 Å². The highest BCUT2D eigenvalue weighted by Crippen LogP contribution is 2.25.